The van der Waals surface area contributed by atoms with Gasteiger partial charge in [-0.25, -0.2) is 0 Å². The molecule has 0 bridgehead atoms. The van der Waals surface area contributed by atoms with Gasteiger partial charge in [0, 0.05) is 0 Å². The zero-order chi connectivity index (χ0) is 8.97. The number of hydrogen-bond donors (Lipinski definition) is 2. The van der Waals surface area contributed by atoms with E-state index in [-0.39, 0.29) is 6.04 Å². The van der Waals surface area contributed by atoms with Gasteiger partial charge in [-0.15, -0.1) is 0 Å². The van der Waals surface area contributed by atoms with Crippen LogP contribution in [0.2, 0.25) is 0 Å². The van der Waals surface area contributed by atoms with Crippen molar-refractivity contribution in [2.75, 3.05) is 6.61 Å². The third kappa shape index (κ3) is 2.20. The minimum atomic E-state index is -0.477. The molecule has 0 aromatic rings. The Morgan fingerprint density at radius 3 is 2.75 bits per heavy atom. The van der Waals surface area contributed by atoms with E-state index in [4.69, 9.17) is 10.5 Å². The molecular weight excluding hydrogens is 160 g/mol. The van der Waals surface area contributed by atoms with Gasteiger partial charge < -0.3 is 15.8 Å². The molecule has 2 atom stereocenters. The maximum atomic E-state index is 10.6. The number of amides is 2. The smallest absolute Gasteiger partial charge is 0.246 e. The lowest BCUT2D eigenvalue weighted by atomic mass is 10.1. The molecule has 1 heterocycles. The molecular formula is C7H12N2O3. The number of primary amides is 1. The molecule has 0 aliphatic carbocycles. The molecule has 1 aliphatic heterocycles. The number of hydrogen-bond acceptors (Lipinski definition) is 3. The molecule has 1 unspecified atom stereocenters. The summed E-state index contributed by atoms with van der Waals surface area (Å²) in [6.07, 6.45) is 1.49. The minimum absolute atomic E-state index is 0.0260. The maximum Gasteiger partial charge on any atom is 0.246 e. The third-order valence-electron chi connectivity index (χ3n) is 1.90. The number of carbonyl (C=O) groups excluding carboxylic acids is 2. The Morgan fingerprint density at radius 1 is 1.58 bits per heavy atom. The summed E-state index contributed by atoms with van der Waals surface area (Å²) in [5.41, 5.74) is 5.03. The van der Waals surface area contributed by atoms with Crippen LogP contribution in [-0.4, -0.2) is 31.1 Å². The van der Waals surface area contributed by atoms with Gasteiger partial charge in [0.2, 0.25) is 12.3 Å². The summed E-state index contributed by atoms with van der Waals surface area (Å²) < 4.78 is 5.11. The first-order chi connectivity index (χ1) is 5.74. The van der Waals surface area contributed by atoms with Gasteiger partial charge in [-0.2, -0.15) is 0 Å². The summed E-state index contributed by atoms with van der Waals surface area (Å²) in [4.78, 5) is 20.7. The zero-order valence-electron chi connectivity index (χ0n) is 6.66. The highest BCUT2D eigenvalue weighted by Gasteiger charge is 2.24. The van der Waals surface area contributed by atoms with Crippen LogP contribution in [0.3, 0.4) is 0 Å². The minimum Gasteiger partial charge on any atom is -0.367 e. The van der Waals surface area contributed by atoms with Crippen molar-refractivity contribution in [1.29, 1.82) is 0 Å². The third-order valence-corrected chi connectivity index (χ3v) is 1.90. The Balaban J connectivity index is 2.29. The maximum absolute atomic E-state index is 10.6. The molecule has 1 aliphatic rings. The van der Waals surface area contributed by atoms with E-state index >= 15 is 0 Å². The van der Waals surface area contributed by atoms with Crippen molar-refractivity contribution in [3.05, 3.63) is 0 Å². The van der Waals surface area contributed by atoms with Crippen LogP contribution in [0, 0.1) is 0 Å². The summed E-state index contributed by atoms with van der Waals surface area (Å²) in [6, 6.07) is 0.0260. The largest absolute Gasteiger partial charge is 0.367 e. The summed E-state index contributed by atoms with van der Waals surface area (Å²) >= 11 is 0. The molecule has 0 aromatic carbocycles. The van der Waals surface area contributed by atoms with Crippen LogP contribution in [0.5, 0.6) is 0 Å². The predicted molar refractivity (Wildman–Crippen MR) is 41.2 cm³/mol. The molecule has 0 radical (unpaired) electrons. The van der Waals surface area contributed by atoms with E-state index in [1.165, 1.54) is 0 Å². The van der Waals surface area contributed by atoms with Crippen LogP contribution in [0.1, 0.15) is 12.8 Å². The van der Waals surface area contributed by atoms with Gasteiger partial charge in [0.05, 0.1) is 12.6 Å². The van der Waals surface area contributed by atoms with Crippen LogP contribution >= 0.6 is 0 Å². The Morgan fingerprint density at radius 2 is 2.33 bits per heavy atom. The Bertz CT molecular complexity index is 175. The SMILES string of the molecule is NC(=O)[C@@H]1CCC(NC=O)CO1. The number of carbonyl (C=O) groups is 2. The van der Waals surface area contributed by atoms with Gasteiger partial charge in [-0.3, -0.25) is 9.59 Å². The topological polar surface area (TPSA) is 81.4 Å². The number of ether oxygens (including phenoxy) is 1. The lowest BCUT2D eigenvalue weighted by molar-refractivity contribution is -0.133. The van der Waals surface area contributed by atoms with Crippen LogP contribution < -0.4 is 11.1 Å². The molecule has 68 valence electrons. The Kier molecular flexibility index (Phi) is 3.04. The van der Waals surface area contributed by atoms with Crippen LogP contribution in [0.4, 0.5) is 0 Å². The monoisotopic (exact) mass is 172 g/mol. The molecule has 5 heteroatoms. The first-order valence-electron chi connectivity index (χ1n) is 3.84. The molecule has 2 amide bonds. The van der Waals surface area contributed by atoms with Crippen molar-refractivity contribution >= 4 is 12.3 Å². The first-order valence-corrected chi connectivity index (χ1v) is 3.84. The average Bonchev–Trinajstić information content (AvgIpc) is 2.06. The van der Waals surface area contributed by atoms with E-state index < -0.39 is 12.0 Å². The molecule has 12 heavy (non-hydrogen) atoms. The van der Waals surface area contributed by atoms with E-state index in [1.807, 2.05) is 0 Å². The summed E-state index contributed by atoms with van der Waals surface area (Å²) in [5, 5.41) is 2.59. The first kappa shape index (κ1) is 8.99. The quantitative estimate of drug-likeness (QED) is 0.523. The van der Waals surface area contributed by atoms with Crippen molar-refractivity contribution in [3.63, 3.8) is 0 Å². The van der Waals surface area contributed by atoms with E-state index in [2.05, 4.69) is 5.32 Å². The standard InChI is InChI=1S/C7H12N2O3/c8-7(11)6-2-1-5(3-12-6)9-4-10/h4-6H,1-3H2,(H2,8,11)(H,9,10)/t5?,6-/m0/s1. The second-order valence-electron chi connectivity index (χ2n) is 2.78. The van der Waals surface area contributed by atoms with Crippen LogP contribution in [0.15, 0.2) is 0 Å². The average molecular weight is 172 g/mol. The fraction of sp³-hybridized carbons (Fsp3) is 0.714. The van der Waals surface area contributed by atoms with Crippen LogP contribution in [-0.2, 0) is 14.3 Å². The predicted octanol–water partition coefficient (Wildman–Crippen LogP) is -1.23. The van der Waals surface area contributed by atoms with Gasteiger partial charge in [0.25, 0.3) is 0 Å². The molecule has 0 saturated carbocycles. The van der Waals surface area contributed by atoms with Crippen LogP contribution in [0.25, 0.3) is 0 Å². The lowest BCUT2D eigenvalue weighted by Crippen LogP contribution is -2.43. The Labute approximate surface area is 70.2 Å². The molecule has 0 spiro atoms. The molecule has 0 aromatic heterocycles. The number of nitrogens with two attached hydrogens (primary N) is 1. The van der Waals surface area contributed by atoms with E-state index in [0.29, 0.717) is 19.4 Å². The Hall–Kier alpha value is -1.10. The van der Waals surface area contributed by atoms with Crippen molar-refractivity contribution < 1.29 is 14.3 Å². The number of rotatable bonds is 3. The van der Waals surface area contributed by atoms with Gasteiger partial charge in [-0.1, -0.05) is 0 Å². The van der Waals surface area contributed by atoms with E-state index in [9.17, 15) is 9.59 Å². The summed E-state index contributed by atoms with van der Waals surface area (Å²) in [7, 11) is 0. The van der Waals surface area contributed by atoms with Gasteiger partial charge in [0.1, 0.15) is 6.10 Å². The second kappa shape index (κ2) is 4.06. The van der Waals surface area contributed by atoms with Gasteiger partial charge in [-0.05, 0) is 12.8 Å². The van der Waals surface area contributed by atoms with E-state index in [0.717, 1.165) is 6.42 Å². The lowest BCUT2D eigenvalue weighted by Gasteiger charge is -2.26. The fourth-order valence-corrected chi connectivity index (χ4v) is 1.20. The molecule has 1 rings (SSSR count). The zero-order valence-corrected chi connectivity index (χ0v) is 6.66. The highest BCUT2D eigenvalue weighted by atomic mass is 16.5. The molecule has 1 saturated heterocycles. The fourth-order valence-electron chi connectivity index (χ4n) is 1.20. The highest BCUT2D eigenvalue weighted by Crippen LogP contribution is 2.12. The van der Waals surface area contributed by atoms with Crippen molar-refractivity contribution in [3.8, 4) is 0 Å². The van der Waals surface area contributed by atoms with Gasteiger partial charge in [0.15, 0.2) is 0 Å². The summed E-state index contributed by atoms with van der Waals surface area (Å²) in [6.45, 7) is 0.367. The summed E-state index contributed by atoms with van der Waals surface area (Å²) in [5.74, 6) is -0.431. The second-order valence-corrected chi connectivity index (χ2v) is 2.78. The van der Waals surface area contributed by atoms with Crippen molar-refractivity contribution in [1.82, 2.24) is 5.32 Å². The van der Waals surface area contributed by atoms with Gasteiger partial charge >= 0.3 is 0 Å². The van der Waals surface area contributed by atoms with E-state index in [1.54, 1.807) is 0 Å². The molecule has 1 fully saturated rings. The highest BCUT2D eigenvalue weighted by molar-refractivity contribution is 5.78. The number of nitrogens with one attached hydrogen (secondary N) is 1. The van der Waals surface area contributed by atoms with Crippen molar-refractivity contribution in [2.24, 2.45) is 5.73 Å². The van der Waals surface area contributed by atoms with Crippen molar-refractivity contribution in [2.45, 2.75) is 25.0 Å². The molecule has 3 N–H and O–H groups in total. The molecule has 5 nitrogen and oxygen atoms in total. The normalized spacial score (nSPS) is 29.3.